The van der Waals surface area contributed by atoms with Crippen molar-refractivity contribution in [2.75, 3.05) is 5.32 Å². The summed E-state index contributed by atoms with van der Waals surface area (Å²) in [7, 11) is -4.69. The van der Waals surface area contributed by atoms with Crippen LogP contribution in [0.15, 0.2) is 58.5 Å². The summed E-state index contributed by atoms with van der Waals surface area (Å²) in [4.78, 5) is 28.3. The molecule has 1 amide bonds. The van der Waals surface area contributed by atoms with Crippen LogP contribution in [0.1, 0.15) is 24.2 Å². The molecule has 0 radical (unpaired) electrons. The van der Waals surface area contributed by atoms with E-state index in [-0.39, 0.29) is 27.0 Å². The molecule has 0 unspecified atom stereocenters. The van der Waals surface area contributed by atoms with Gasteiger partial charge in [-0.1, -0.05) is 35.3 Å². The van der Waals surface area contributed by atoms with Crippen LogP contribution in [0.4, 0.5) is 18.9 Å². The molecule has 0 aliphatic carbocycles. The van der Waals surface area contributed by atoms with Crippen LogP contribution in [-0.2, 0) is 21.2 Å². The maximum absolute atomic E-state index is 13.7. The number of nitrogens with zero attached hydrogens (tertiary/aromatic N) is 3. The number of aromatic nitrogens is 3. The topological polar surface area (TPSA) is 123 Å². The number of hydrogen-bond acceptors (Lipinski definition) is 6. The minimum atomic E-state index is -4.90. The van der Waals surface area contributed by atoms with Crippen LogP contribution >= 0.6 is 23.2 Å². The molecule has 0 saturated carbocycles. The van der Waals surface area contributed by atoms with Gasteiger partial charge in [0.15, 0.2) is 0 Å². The maximum atomic E-state index is 13.7. The number of anilines is 1. The second-order valence-corrected chi connectivity index (χ2v) is 10.4. The van der Waals surface area contributed by atoms with Gasteiger partial charge in [0.1, 0.15) is 17.1 Å². The third-order valence-corrected chi connectivity index (χ3v) is 7.59. The SMILES string of the molecule is Cc1ccc(NC(=O)[C@H](C)n2ncc(Cl)c(Cl)c2=O)cc1S(=O)(=O)N[C@H](Cc1ccccn1)C(F)(F)F. The largest absolute Gasteiger partial charge is 0.405 e. The fraction of sp³-hybridized carbons (Fsp3) is 0.273. The molecule has 0 spiro atoms. The van der Waals surface area contributed by atoms with Gasteiger partial charge in [0.2, 0.25) is 15.9 Å². The zero-order valence-corrected chi connectivity index (χ0v) is 21.6. The Morgan fingerprint density at radius 1 is 1.19 bits per heavy atom. The highest BCUT2D eigenvalue weighted by molar-refractivity contribution is 7.89. The fourth-order valence-corrected chi connectivity index (χ4v) is 4.98. The monoisotopic (exact) mass is 577 g/mol. The van der Waals surface area contributed by atoms with E-state index in [0.29, 0.717) is 0 Å². The molecular formula is C22H20Cl2F3N5O4S. The zero-order chi connectivity index (χ0) is 27.5. The van der Waals surface area contributed by atoms with Crippen LogP contribution in [0.25, 0.3) is 0 Å². The van der Waals surface area contributed by atoms with Gasteiger partial charge in [-0.05, 0) is 43.7 Å². The zero-order valence-electron chi connectivity index (χ0n) is 19.3. The molecule has 0 fully saturated rings. The van der Waals surface area contributed by atoms with E-state index in [1.807, 2.05) is 0 Å². The predicted molar refractivity (Wildman–Crippen MR) is 131 cm³/mol. The van der Waals surface area contributed by atoms with E-state index < -0.39 is 51.1 Å². The number of carbonyl (C=O) groups excluding carboxylic acids is 1. The van der Waals surface area contributed by atoms with E-state index in [2.05, 4.69) is 15.4 Å². The van der Waals surface area contributed by atoms with Gasteiger partial charge in [-0.2, -0.15) is 23.0 Å². The highest BCUT2D eigenvalue weighted by Gasteiger charge is 2.42. The summed E-state index contributed by atoms with van der Waals surface area (Å²) in [6.45, 7) is 2.73. The second-order valence-electron chi connectivity index (χ2n) is 7.94. The van der Waals surface area contributed by atoms with E-state index in [1.165, 1.54) is 50.4 Å². The lowest BCUT2D eigenvalue weighted by atomic mass is 10.1. The van der Waals surface area contributed by atoms with Crippen molar-refractivity contribution in [1.29, 1.82) is 0 Å². The Morgan fingerprint density at radius 3 is 2.51 bits per heavy atom. The summed E-state index contributed by atoms with van der Waals surface area (Å²) >= 11 is 11.5. The van der Waals surface area contributed by atoms with Gasteiger partial charge in [-0.25, -0.2) is 13.1 Å². The van der Waals surface area contributed by atoms with Crippen LogP contribution in [0.5, 0.6) is 0 Å². The lowest BCUT2D eigenvalue weighted by molar-refractivity contribution is -0.151. The van der Waals surface area contributed by atoms with Gasteiger partial charge in [0.05, 0.1) is 16.1 Å². The maximum Gasteiger partial charge on any atom is 0.405 e. The van der Waals surface area contributed by atoms with Crippen LogP contribution in [0, 0.1) is 6.92 Å². The van der Waals surface area contributed by atoms with E-state index in [1.54, 1.807) is 4.72 Å². The first-order valence-corrected chi connectivity index (χ1v) is 12.8. The standard InChI is InChI=1S/C22H20Cl2F3N5O4S/c1-12-6-7-15(30-20(33)13(2)32-21(34)19(24)16(23)11-29-32)9-17(12)37(35,36)31-18(22(25,26)27)10-14-5-3-4-8-28-14/h3-9,11,13,18,31H,10H2,1-2H3,(H,30,33)/t13-,18+/m0/s1. The number of sulfonamides is 1. The molecule has 0 saturated heterocycles. The van der Waals surface area contributed by atoms with Crippen molar-refractivity contribution in [2.45, 2.75) is 43.4 Å². The molecule has 1 aromatic carbocycles. The molecule has 2 atom stereocenters. The van der Waals surface area contributed by atoms with E-state index >= 15 is 0 Å². The fourth-order valence-electron chi connectivity index (χ4n) is 3.23. The van der Waals surface area contributed by atoms with Gasteiger partial charge in [-0.15, -0.1) is 0 Å². The highest BCUT2D eigenvalue weighted by atomic mass is 35.5. The third-order valence-electron chi connectivity index (χ3n) is 5.22. The number of alkyl halides is 3. The van der Waals surface area contributed by atoms with Crippen molar-refractivity contribution in [3.05, 3.63) is 80.4 Å². The Bertz CT molecular complexity index is 1470. The molecule has 3 aromatic rings. The first kappa shape index (κ1) is 28.6. The normalized spacial score (nSPS) is 13.7. The van der Waals surface area contributed by atoms with Crippen molar-refractivity contribution in [1.82, 2.24) is 19.5 Å². The molecule has 2 N–H and O–H groups in total. The van der Waals surface area contributed by atoms with Gasteiger partial charge in [0.25, 0.3) is 5.56 Å². The van der Waals surface area contributed by atoms with E-state index in [9.17, 15) is 31.2 Å². The Labute approximate surface area is 219 Å². The number of benzene rings is 1. The molecule has 37 heavy (non-hydrogen) atoms. The van der Waals surface area contributed by atoms with Crippen LogP contribution in [-0.4, -0.2) is 41.3 Å². The number of rotatable bonds is 8. The summed E-state index contributed by atoms with van der Waals surface area (Å²) in [5.41, 5.74) is -0.673. The van der Waals surface area contributed by atoms with Crippen molar-refractivity contribution >= 4 is 44.8 Å². The van der Waals surface area contributed by atoms with E-state index in [0.717, 1.165) is 16.9 Å². The first-order chi connectivity index (χ1) is 17.2. The summed E-state index contributed by atoms with van der Waals surface area (Å²) < 4.78 is 69.5. The number of aryl methyl sites for hydroxylation is 1. The lowest BCUT2D eigenvalue weighted by Crippen LogP contribution is -2.47. The summed E-state index contributed by atoms with van der Waals surface area (Å²) in [5.74, 6) is -0.767. The highest BCUT2D eigenvalue weighted by Crippen LogP contribution is 2.27. The minimum absolute atomic E-state index is 0.0378. The molecule has 0 bridgehead atoms. The summed E-state index contributed by atoms with van der Waals surface area (Å²) in [6, 6.07) is 4.43. The summed E-state index contributed by atoms with van der Waals surface area (Å²) in [5, 5.41) is 5.76. The smallest absolute Gasteiger partial charge is 0.324 e. The number of hydrogen-bond donors (Lipinski definition) is 2. The van der Waals surface area contributed by atoms with Crippen LogP contribution < -0.4 is 15.6 Å². The average Bonchev–Trinajstić information content (AvgIpc) is 2.83. The molecule has 3 rings (SSSR count). The van der Waals surface area contributed by atoms with Crippen LogP contribution in [0.3, 0.4) is 0 Å². The molecule has 198 valence electrons. The molecule has 0 aliphatic heterocycles. The van der Waals surface area contributed by atoms with Crippen molar-refractivity contribution in [3.63, 3.8) is 0 Å². The summed E-state index contributed by atoms with van der Waals surface area (Å²) in [6.07, 6.45) is -3.24. The van der Waals surface area contributed by atoms with Gasteiger partial charge in [-0.3, -0.25) is 14.6 Å². The van der Waals surface area contributed by atoms with Crippen molar-refractivity contribution in [3.8, 4) is 0 Å². The molecule has 2 heterocycles. The van der Waals surface area contributed by atoms with Crippen molar-refractivity contribution in [2.24, 2.45) is 0 Å². The lowest BCUT2D eigenvalue weighted by Gasteiger charge is -2.22. The Balaban J connectivity index is 1.86. The molecule has 9 nitrogen and oxygen atoms in total. The predicted octanol–water partition coefficient (Wildman–Crippen LogP) is 3.91. The number of halogens is 5. The van der Waals surface area contributed by atoms with Gasteiger partial charge < -0.3 is 5.32 Å². The third kappa shape index (κ3) is 6.86. The van der Waals surface area contributed by atoms with E-state index in [4.69, 9.17) is 23.2 Å². The molecule has 15 heteroatoms. The van der Waals surface area contributed by atoms with Gasteiger partial charge >= 0.3 is 6.18 Å². The number of pyridine rings is 1. The van der Waals surface area contributed by atoms with Gasteiger partial charge in [0, 0.05) is 24.0 Å². The van der Waals surface area contributed by atoms with Crippen molar-refractivity contribution < 1.29 is 26.4 Å². The first-order valence-electron chi connectivity index (χ1n) is 10.5. The Morgan fingerprint density at radius 2 is 1.89 bits per heavy atom. The number of carbonyl (C=O) groups is 1. The second kappa shape index (κ2) is 11.2. The molecule has 2 aromatic heterocycles. The molecule has 0 aliphatic rings. The quantitative estimate of drug-likeness (QED) is 0.418. The number of nitrogens with one attached hydrogen (secondary N) is 2. The molecular weight excluding hydrogens is 558 g/mol. The van der Waals surface area contributed by atoms with Crippen LogP contribution in [0.2, 0.25) is 10.0 Å². The Kier molecular flexibility index (Phi) is 8.63. The number of amides is 1. The minimum Gasteiger partial charge on any atom is -0.324 e. The Hall–Kier alpha value is -3.00. The average molecular weight is 578 g/mol.